The minimum atomic E-state index is 0.776. The molecule has 1 aliphatic carbocycles. The van der Waals surface area contributed by atoms with E-state index in [0.29, 0.717) is 0 Å². The van der Waals surface area contributed by atoms with Crippen LogP contribution in [0.4, 0.5) is 0 Å². The number of nitrogens with one attached hydrogen (secondary N) is 1. The van der Waals surface area contributed by atoms with Crippen molar-refractivity contribution in [2.75, 3.05) is 19.6 Å². The SMILES string of the molecule is CCC1CCCC1N(CC)CC1CCCN1. The topological polar surface area (TPSA) is 15.3 Å². The first-order valence-corrected chi connectivity index (χ1v) is 7.32. The highest BCUT2D eigenvalue weighted by Crippen LogP contribution is 2.32. The van der Waals surface area contributed by atoms with Crippen molar-refractivity contribution in [3.8, 4) is 0 Å². The largest absolute Gasteiger partial charge is 0.313 e. The lowest BCUT2D eigenvalue weighted by Crippen LogP contribution is -2.44. The molecule has 1 saturated heterocycles. The highest BCUT2D eigenvalue weighted by molar-refractivity contribution is 4.87. The highest BCUT2D eigenvalue weighted by atomic mass is 15.2. The fraction of sp³-hybridized carbons (Fsp3) is 1.00. The predicted molar refractivity (Wildman–Crippen MR) is 69.7 cm³/mol. The van der Waals surface area contributed by atoms with Crippen molar-refractivity contribution in [3.05, 3.63) is 0 Å². The Morgan fingerprint density at radius 3 is 2.62 bits per heavy atom. The van der Waals surface area contributed by atoms with Gasteiger partial charge in [0, 0.05) is 18.6 Å². The van der Waals surface area contributed by atoms with Crippen LogP contribution in [0.5, 0.6) is 0 Å². The minimum Gasteiger partial charge on any atom is -0.313 e. The molecule has 0 spiro atoms. The molecule has 0 aromatic heterocycles. The lowest BCUT2D eigenvalue weighted by atomic mass is 9.98. The highest BCUT2D eigenvalue weighted by Gasteiger charge is 2.31. The summed E-state index contributed by atoms with van der Waals surface area (Å²) in [5.41, 5.74) is 0. The number of likely N-dealkylation sites (N-methyl/N-ethyl adjacent to an activating group) is 1. The third-order valence-corrected chi connectivity index (χ3v) is 4.64. The van der Waals surface area contributed by atoms with Gasteiger partial charge in [0.25, 0.3) is 0 Å². The Labute approximate surface area is 101 Å². The van der Waals surface area contributed by atoms with E-state index in [-0.39, 0.29) is 0 Å². The van der Waals surface area contributed by atoms with Crippen molar-refractivity contribution >= 4 is 0 Å². The lowest BCUT2D eigenvalue weighted by molar-refractivity contribution is 0.152. The van der Waals surface area contributed by atoms with Gasteiger partial charge >= 0.3 is 0 Å². The summed E-state index contributed by atoms with van der Waals surface area (Å²) < 4.78 is 0. The molecular weight excluding hydrogens is 196 g/mol. The molecule has 0 aromatic rings. The Bertz CT molecular complexity index is 199. The van der Waals surface area contributed by atoms with E-state index in [9.17, 15) is 0 Å². The van der Waals surface area contributed by atoms with E-state index in [1.165, 1.54) is 58.2 Å². The summed E-state index contributed by atoms with van der Waals surface area (Å²) in [7, 11) is 0. The van der Waals surface area contributed by atoms with Crippen molar-refractivity contribution in [1.82, 2.24) is 10.2 Å². The molecule has 1 N–H and O–H groups in total. The standard InChI is InChI=1S/C14H28N2/c1-3-12-7-5-9-14(12)16(4-2)11-13-8-6-10-15-13/h12-15H,3-11H2,1-2H3. The number of hydrogen-bond acceptors (Lipinski definition) is 2. The zero-order chi connectivity index (χ0) is 11.4. The van der Waals surface area contributed by atoms with Crippen LogP contribution >= 0.6 is 0 Å². The van der Waals surface area contributed by atoms with Gasteiger partial charge in [0.05, 0.1) is 0 Å². The molecule has 3 atom stereocenters. The van der Waals surface area contributed by atoms with Crippen LogP contribution in [0.15, 0.2) is 0 Å². The van der Waals surface area contributed by atoms with E-state index in [1.54, 1.807) is 0 Å². The predicted octanol–water partition coefficient (Wildman–Crippen LogP) is 2.64. The summed E-state index contributed by atoms with van der Waals surface area (Å²) in [6.45, 7) is 8.46. The van der Waals surface area contributed by atoms with E-state index < -0.39 is 0 Å². The zero-order valence-electron chi connectivity index (χ0n) is 11.0. The van der Waals surface area contributed by atoms with Gasteiger partial charge in [-0.1, -0.05) is 26.7 Å². The van der Waals surface area contributed by atoms with Crippen molar-refractivity contribution in [2.45, 2.75) is 64.5 Å². The van der Waals surface area contributed by atoms with E-state index >= 15 is 0 Å². The second-order valence-electron chi connectivity index (χ2n) is 5.55. The fourth-order valence-electron chi connectivity index (χ4n) is 3.67. The molecule has 0 amide bonds. The van der Waals surface area contributed by atoms with Gasteiger partial charge in [0.2, 0.25) is 0 Å². The van der Waals surface area contributed by atoms with Crippen molar-refractivity contribution in [2.24, 2.45) is 5.92 Å². The fourth-order valence-corrected chi connectivity index (χ4v) is 3.67. The van der Waals surface area contributed by atoms with E-state index in [1.807, 2.05) is 0 Å². The van der Waals surface area contributed by atoms with Gasteiger partial charge in [-0.05, 0) is 44.7 Å². The Morgan fingerprint density at radius 2 is 2.00 bits per heavy atom. The van der Waals surface area contributed by atoms with Crippen LogP contribution in [0.1, 0.15) is 52.4 Å². The molecule has 2 rings (SSSR count). The van der Waals surface area contributed by atoms with Gasteiger partial charge in [0.1, 0.15) is 0 Å². The maximum absolute atomic E-state index is 3.64. The Balaban J connectivity index is 1.87. The van der Waals surface area contributed by atoms with Gasteiger partial charge in [-0.25, -0.2) is 0 Å². The average molecular weight is 224 g/mol. The van der Waals surface area contributed by atoms with Crippen LogP contribution in [0.2, 0.25) is 0 Å². The summed E-state index contributed by atoms with van der Waals surface area (Å²) >= 11 is 0. The maximum Gasteiger partial charge on any atom is 0.0195 e. The zero-order valence-corrected chi connectivity index (χ0v) is 11.0. The van der Waals surface area contributed by atoms with Gasteiger partial charge in [0.15, 0.2) is 0 Å². The molecule has 3 unspecified atom stereocenters. The Kier molecular flexibility index (Phi) is 4.66. The van der Waals surface area contributed by atoms with Gasteiger partial charge in [-0.2, -0.15) is 0 Å². The summed E-state index contributed by atoms with van der Waals surface area (Å²) in [4.78, 5) is 2.75. The smallest absolute Gasteiger partial charge is 0.0195 e. The molecule has 1 saturated carbocycles. The molecule has 0 aromatic carbocycles. The number of hydrogen-bond donors (Lipinski definition) is 1. The first kappa shape index (κ1) is 12.4. The van der Waals surface area contributed by atoms with E-state index in [2.05, 4.69) is 24.1 Å². The van der Waals surface area contributed by atoms with Crippen LogP contribution < -0.4 is 5.32 Å². The normalized spacial score (nSPS) is 35.1. The van der Waals surface area contributed by atoms with Crippen molar-refractivity contribution < 1.29 is 0 Å². The van der Waals surface area contributed by atoms with Crippen LogP contribution in [0, 0.1) is 5.92 Å². The summed E-state index contributed by atoms with van der Waals surface area (Å²) in [6.07, 6.45) is 8.51. The quantitative estimate of drug-likeness (QED) is 0.772. The molecule has 0 radical (unpaired) electrons. The molecule has 2 fully saturated rings. The molecule has 0 bridgehead atoms. The van der Waals surface area contributed by atoms with E-state index in [0.717, 1.165) is 18.0 Å². The van der Waals surface area contributed by atoms with E-state index in [4.69, 9.17) is 0 Å². The number of nitrogens with zero attached hydrogens (tertiary/aromatic N) is 1. The second-order valence-corrected chi connectivity index (χ2v) is 5.55. The average Bonchev–Trinajstić information content (AvgIpc) is 2.96. The molecular formula is C14H28N2. The molecule has 94 valence electrons. The first-order chi connectivity index (χ1) is 7.85. The van der Waals surface area contributed by atoms with Crippen molar-refractivity contribution in [1.29, 1.82) is 0 Å². The first-order valence-electron chi connectivity index (χ1n) is 7.32. The summed E-state index contributed by atoms with van der Waals surface area (Å²) in [5.74, 6) is 0.973. The van der Waals surface area contributed by atoms with Crippen molar-refractivity contribution in [3.63, 3.8) is 0 Å². The van der Waals surface area contributed by atoms with Gasteiger partial charge in [-0.15, -0.1) is 0 Å². The third kappa shape index (κ3) is 2.78. The summed E-state index contributed by atoms with van der Waals surface area (Å²) in [5, 5.41) is 3.64. The molecule has 2 heteroatoms. The monoisotopic (exact) mass is 224 g/mol. The molecule has 1 heterocycles. The second kappa shape index (κ2) is 6.02. The Morgan fingerprint density at radius 1 is 1.12 bits per heavy atom. The molecule has 2 aliphatic rings. The molecule has 16 heavy (non-hydrogen) atoms. The minimum absolute atomic E-state index is 0.776. The maximum atomic E-state index is 3.64. The van der Waals surface area contributed by atoms with Crippen LogP contribution in [-0.2, 0) is 0 Å². The molecule has 1 aliphatic heterocycles. The summed E-state index contributed by atoms with van der Waals surface area (Å²) in [6, 6.07) is 1.66. The third-order valence-electron chi connectivity index (χ3n) is 4.64. The Hall–Kier alpha value is -0.0800. The number of rotatable bonds is 5. The lowest BCUT2D eigenvalue weighted by Gasteiger charge is -2.33. The van der Waals surface area contributed by atoms with Crippen LogP contribution in [-0.4, -0.2) is 36.6 Å². The van der Waals surface area contributed by atoms with Gasteiger partial charge < -0.3 is 5.32 Å². The van der Waals surface area contributed by atoms with Crippen LogP contribution in [0.25, 0.3) is 0 Å². The van der Waals surface area contributed by atoms with Gasteiger partial charge in [-0.3, -0.25) is 4.90 Å². The molecule has 2 nitrogen and oxygen atoms in total. The van der Waals surface area contributed by atoms with Crippen LogP contribution in [0.3, 0.4) is 0 Å².